The number of urea groups is 1. The molecule has 1 N–H and O–H groups in total. The number of carbonyl (C=O) groups is 2. The Morgan fingerprint density at radius 1 is 1.24 bits per heavy atom. The van der Waals surface area contributed by atoms with Crippen LogP contribution in [0.2, 0.25) is 0 Å². The van der Waals surface area contributed by atoms with Crippen LogP contribution < -0.4 is 14.8 Å². The van der Waals surface area contributed by atoms with Gasteiger partial charge in [0, 0.05) is 30.8 Å². The van der Waals surface area contributed by atoms with E-state index in [4.69, 9.17) is 9.47 Å². The number of hydrogen-bond acceptors (Lipinski definition) is 5. The van der Waals surface area contributed by atoms with Gasteiger partial charge in [0.05, 0.1) is 13.7 Å². The van der Waals surface area contributed by atoms with E-state index in [2.05, 4.69) is 10.3 Å². The molecule has 0 bridgehead atoms. The number of amides is 3. The van der Waals surface area contributed by atoms with Gasteiger partial charge >= 0.3 is 6.03 Å². The SMILES string of the molecule is COc1cccc(Oc2ccc(CN3C(=O)C[C@H](C)NC3=O)cn2)c1. The zero-order valence-corrected chi connectivity index (χ0v) is 14.1. The van der Waals surface area contributed by atoms with Crippen LogP contribution in [-0.2, 0) is 11.3 Å². The van der Waals surface area contributed by atoms with E-state index < -0.39 is 0 Å². The number of ether oxygens (including phenoxy) is 2. The van der Waals surface area contributed by atoms with Crippen molar-refractivity contribution in [1.82, 2.24) is 15.2 Å². The number of pyridine rings is 1. The molecule has 3 rings (SSSR count). The molecule has 1 fully saturated rings. The molecule has 1 aromatic heterocycles. The Balaban J connectivity index is 1.66. The number of rotatable bonds is 5. The zero-order chi connectivity index (χ0) is 17.8. The number of carbonyl (C=O) groups excluding carboxylic acids is 2. The van der Waals surface area contributed by atoms with Crippen LogP contribution in [0.1, 0.15) is 18.9 Å². The Labute approximate surface area is 145 Å². The van der Waals surface area contributed by atoms with Gasteiger partial charge in [-0.1, -0.05) is 12.1 Å². The van der Waals surface area contributed by atoms with Gasteiger partial charge < -0.3 is 14.8 Å². The van der Waals surface area contributed by atoms with Crippen molar-refractivity contribution in [2.24, 2.45) is 0 Å². The second-order valence-electron chi connectivity index (χ2n) is 5.82. The third-order valence-corrected chi connectivity index (χ3v) is 3.80. The fourth-order valence-corrected chi connectivity index (χ4v) is 2.52. The Morgan fingerprint density at radius 3 is 2.72 bits per heavy atom. The van der Waals surface area contributed by atoms with Crippen LogP contribution in [0.4, 0.5) is 4.79 Å². The predicted molar refractivity (Wildman–Crippen MR) is 90.5 cm³/mol. The first kappa shape index (κ1) is 16.8. The summed E-state index contributed by atoms with van der Waals surface area (Å²) in [5, 5.41) is 2.74. The average Bonchev–Trinajstić information content (AvgIpc) is 2.59. The molecule has 2 heterocycles. The monoisotopic (exact) mass is 341 g/mol. The van der Waals surface area contributed by atoms with Crippen LogP contribution in [0.15, 0.2) is 42.6 Å². The smallest absolute Gasteiger partial charge is 0.324 e. The van der Waals surface area contributed by atoms with Gasteiger partial charge in [0.15, 0.2) is 0 Å². The van der Waals surface area contributed by atoms with Crippen molar-refractivity contribution in [1.29, 1.82) is 0 Å². The maximum absolute atomic E-state index is 12.0. The predicted octanol–water partition coefficient (Wildman–Crippen LogP) is 2.71. The molecule has 1 aliphatic heterocycles. The van der Waals surface area contributed by atoms with Gasteiger partial charge in [0.2, 0.25) is 11.8 Å². The van der Waals surface area contributed by atoms with Crippen molar-refractivity contribution < 1.29 is 19.1 Å². The van der Waals surface area contributed by atoms with Crippen molar-refractivity contribution in [3.8, 4) is 17.4 Å². The number of methoxy groups -OCH3 is 1. The highest BCUT2D eigenvalue weighted by atomic mass is 16.5. The fraction of sp³-hybridized carbons (Fsp3) is 0.278. The molecular weight excluding hydrogens is 322 g/mol. The minimum atomic E-state index is -0.375. The van der Waals surface area contributed by atoms with Crippen LogP contribution in [0, 0.1) is 0 Å². The minimum Gasteiger partial charge on any atom is -0.497 e. The molecule has 0 radical (unpaired) electrons. The normalized spacial score (nSPS) is 17.2. The average molecular weight is 341 g/mol. The zero-order valence-electron chi connectivity index (χ0n) is 14.1. The third kappa shape index (κ3) is 4.06. The summed E-state index contributed by atoms with van der Waals surface area (Å²) in [6.45, 7) is 1.99. The van der Waals surface area contributed by atoms with Gasteiger partial charge in [-0.25, -0.2) is 9.78 Å². The summed E-state index contributed by atoms with van der Waals surface area (Å²) >= 11 is 0. The van der Waals surface area contributed by atoms with Crippen LogP contribution in [0.5, 0.6) is 17.4 Å². The fourth-order valence-electron chi connectivity index (χ4n) is 2.52. The molecule has 0 unspecified atom stereocenters. The maximum Gasteiger partial charge on any atom is 0.324 e. The Kier molecular flexibility index (Phi) is 4.83. The van der Waals surface area contributed by atoms with Gasteiger partial charge in [-0.3, -0.25) is 9.69 Å². The number of nitrogens with zero attached hydrogens (tertiary/aromatic N) is 2. The largest absolute Gasteiger partial charge is 0.497 e. The summed E-state index contributed by atoms with van der Waals surface area (Å²) in [7, 11) is 1.59. The van der Waals surface area contributed by atoms with Gasteiger partial charge in [0.25, 0.3) is 0 Å². The molecule has 2 aromatic rings. The second kappa shape index (κ2) is 7.21. The Morgan fingerprint density at radius 2 is 2.04 bits per heavy atom. The molecule has 1 aromatic carbocycles. The van der Waals surface area contributed by atoms with Crippen molar-refractivity contribution in [2.75, 3.05) is 7.11 Å². The highest BCUT2D eigenvalue weighted by Gasteiger charge is 2.29. The quantitative estimate of drug-likeness (QED) is 0.904. The molecule has 0 spiro atoms. The molecule has 25 heavy (non-hydrogen) atoms. The van der Waals surface area contributed by atoms with E-state index >= 15 is 0 Å². The van der Waals surface area contributed by atoms with Crippen molar-refractivity contribution >= 4 is 11.9 Å². The van der Waals surface area contributed by atoms with Crippen LogP contribution in [0.3, 0.4) is 0 Å². The van der Waals surface area contributed by atoms with E-state index in [1.165, 1.54) is 4.90 Å². The molecule has 1 aliphatic rings. The molecule has 0 aliphatic carbocycles. The van der Waals surface area contributed by atoms with E-state index in [1.54, 1.807) is 44.5 Å². The lowest BCUT2D eigenvalue weighted by Gasteiger charge is -2.29. The second-order valence-corrected chi connectivity index (χ2v) is 5.82. The minimum absolute atomic E-state index is 0.131. The summed E-state index contributed by atoms with van der Waals surface area (Å²) in [5.74, 6) is 1.53. The standard InChI is InChI=1S/C18H19N3O4/c1-12-8-17(22)21(18(23)20-12)11-13-6-7-16(19-10-13)25-15-5-3-4-14(9-15)24-2/h3-7,9-10,12H,8,11H2,1-2H3,(H,20,23)/t12-/m0/s1. The molecule has 7 heteroatoms. The van der Waals surface area contributed by atoms with Crippen LogP contribution in [0.25, 0.3) is 0 Å². The van der Waals surface area contributed by atoms with E-state index in [1.807, 2.05) is 12.1 Å². The van der Waals surface area contributed by atoms with Gasteiger partial charge in [0.1, 0.15) is 11.5 Å². The molecule has 3 amide bonds. The lowest BCUT2D eigenvalue weighted by atomic mass is 10.1. The number of hydrogen-bond donors (Lipinski definition) is 1. The number of benzene rings is 1. The van der Waals surface area contributed by atoms with E-state index in [0.717, 1.165) is 5.56 Å². The summed E-state index contributed by atoms with van der Waals surface area (Å²) in [6.07, 6.45) is 1.89. The van der Waals surface area contributed by atoms with Gasteiger partial charge in [-0.15, -0.1) is 0 Å². The summed E-state index contributed by atoms with van der Waals surface area (Å²) in [4.78, 5) is 29.3. The van der Waals surface area contributed by atoms with Crippen LogP contribution in [-0.4, -0.2) is 35.0 Å². The number of aromatic nitrogens is 1. The third-order valence-electron chi connectivity index (χ3n) is 3.80. The first-order valence-electron chi connectivity index (χ1n) is 7.93. The summed E-state index contributed by atoms with van der Waals surface area (Å²) in [5.41, 5.74) is 0.746. The first-order chi connectivity index (χ1) is 12.0. The van der Waals surface area contributed by atoms with Crippen molar-refractivity contribution in [2.45, 2.75) is 25.9 Å². The molecule has 130 valence electrons. The topological polar surface area (TPSA) is 80.8 Å². The molecular formula is C18H19N3O4. The first-order valence-corrected chi connectivity index (χ1v) is 7.93. The molecule has 7 nitrogen and oxygen atoms in total. The highest BCUT2D eigenvalue weighted by molar-refractivity contribution is 5.97. The lowest BCUT2D eigenvalue weighted by Crippen LogP contribution is -2.53. The summed E-state index contributed by atoms with van der Waals surface area (Å²) < 4.78 is 10.8. The van der Waals surface area contributed by atoms with E-state index in [0.29, 0.717) is 23.8 Å². The van der Waals surface area contributed by atoms with E-state index in [-0.39, 0.29) is 24.5 Å². The number of nitrogens with one attached hydrogen (secondary N) is 1. The molecule has 1 atom stereocenters. The Hall–Kier alpha value is -3.09. The molecule has 1 saturated heterocycles. The molecule has 0 saturated carbocycles. The van der Waals surface area contributed by atoms with Gasteiger partial charge in [-0.05, 0) is 24.6 Å². The number of imide groups is 1. The Bertz CT molecular complexity index is 758. The van der Waals surface area contributed by atoms with Crippen molar-refractivity contribution in [3.63, 3.8) is 0 Å². The maximum atomic E-state index is 12.0. The highest BCUT2D eigenvalue weighted by Crippen LogP contribution is 2.24. The van der Waals surface area contributed by atoms with Crippen molar-refractivity contribution in [3.05, 3.63) is 48.2 Å². The van der Waals surface area contributed by atoms with Gasteiger partial charge in [-0.2, -0.15) is 0 Å². The van der Waals surface area contributed by atoms with Crippen LogP contribution >= 0.6 is 0 Å². The van der Waals surface area contributed by atoms with E-state index in [9.17, 15) is 9.59 Å². The lowest BCUT2D eigenvalue weighted by molar-refractivity contribution is -0.130. The summed E-state index contributed by atoms with van der Waals surface area (Å²) in [6, 6.07) is 10.2.